The summed E-state index contributed by atoms with van der Waals surface area (Å²) in [4.78, 5) is 32.1. The normalized spacial score (nSPS) is 12.3. The number of pyridine rings is 1. The van der Waals surface area contributed by atoms with Crippen molar-refractivity contribution in [3.8, 4) is 0 Å². The molecular weight excluding hydrogens is 405 g/mol. The number of benzene rings is 1. The third kappa shape index (κ3) is 4.85. The van der Waals surface area contributed by atoms with E-state index in [4.69, 9.17) is 0 Å². The molecular formula is C21H22FN5O2S. The summed E-state index contributed by atoms with van der Waals surface area (Å²) in [5, 5.41) is 8.33. The van der Waals surface area contributed by atoms with Gasteiger partial charge >= 0.3 is 0 Å². The Morgan fingerprint density at radius 3 is 2.57 bits per heavy atom. The first-order valence-electron chi connectivity index (χ1n) is 9.40. The lowest BCUT2D eigenvalue weighted by atomic mass is 9.98. The molecule has 156 valence electrons. The molecule has 0 saturated carbocycles. The standard InChI is InChI=1S/C21H22FN5O2S/c1-4-21(2,3)24-19(28)18(14-8-10-23-11-9-14)27(16-7-5-6-15(22)12-16)20(29)17-13-30-26-25-17/h5-13,18H,4H2,1-3H3,(H,24,28). The monoisotopic (exact) mass is 427 g/mol. The fourth-order valence-corrected chi connectivity index (χ4v) is 3.27. The third-order valence-electron chi connectivity index (χ3n) is 4.76. The number of carbonyl (C=O) groups is 2. The lowest BCUT2D eigenvalue weighted by Crippen LogP contribution is -2.50. The molecule has 7 nitrogen and oxygen atoms in total. The second kappa shape index (κ2) is 9.08. The third-order valence-corrected chi connectivity index (χ3v) is 5.26. The Balaban J connectivity index is 2.15. The van der Waals surface area contributed by atoms with Crippen LogP contribution < -0.4 is 10.2 Å². The molecule has 1 aromatic carbocycles. The zero-order valence-corrected chi connectivity index (χ0v) is 17.7. The molecule has 0 fully saturated rings. The Kier molecular flexibility index (Phi) is 6.51. The van der Waals surface area contributed by atoms with E-state index in [-0.39, 0.29) is 11.4 Å². The van der Waals surface area contributed by atoms with Gasteiger partial charge in [-0.15, -0.1) is 5.10 Å². The van der Waals surface area contributed by atoms with E-state index in [2.05, 4.69) is 19.9 Å². The summed E-state index contributed by atoms with van der Waals surface area (Å²) in [6.07, 6.45) is 3.77. The molecule has 2 aromatic heterocycles. The van der Waals surface area contributed by atoms with Crippen LogP contribution in [0.25, 0.3) is 0 Å². The highest BCUT2D eigenvalue weighted by Gasteiger charge is 2.36. The van der Waals surface area contributed by atoms with Crippen LogP contribution in [0.3, 0.4) is 0 Å². The van der Waals surface area contributed by atoms with Crippen molar-refractivity contribution in [3.63, 3.8) is 0 Å². The van der Waals surface area contributed by atoms with Gasteiger partial charge in [-0.3, -0.25) is 19.5 Å². The van der Waals surface area contributed by atoms with Crippen LogP contribution in [0.5, 0.6) is 0 Å². The van der Waals surface area contributed by atoms with Crippen molar-refractivity contribution in [1.29, 1.82) is 0 Å². The van der Waals surface area contributed by atoms with Crippen LogP contribution in [0, 0.1) is 5.82 Å². The summed E-state index contributed by atoms with van der Waals surface area (Å²) in [5.74, 6) is -1.47. The number of rotatable bonds is 7. The number of nitrogens with zero attached hydrogens (tertiary/aromatic N) is 4. The maximum Gasteiger partial charge on any atom is 0.280 e. The molecule has 1 N–H and O–H groups in total. The molecule has 30 heavy (non-hydrogen) atoms. The summed E-state index contributed by atoms with van der Waals surface area (Å²) in [6.45, 7) is 5.75. The highest BCUT2D eigenvalue weighted by molar-refractivity contribution is 7.03. The Bertz CT molecular complexity index is 1010. The predicted molar refractivity (Wildman–Crippen MR) is 113 cm³/mol. The van der Waals surface area contributed by atoms with Gasteiger partial charge in [0.2, 0.25) is 5.91 Å². The van der Waals surface area contributed by atoms with Crippen LogP contribution in [0.1, 0.15) is 49.3 Å². The van der Waals surface area contributed by atoms with E-state index >= 15 is 0 Å². The number of amides is 2. The van der Waals surface area contributed by atoms with E-state index < -0.39 is 29.2 Å². The van der Waals surface area contributed by atoms with E-state index in [9.17, 15) is 14.0 Å². The van der Waals surface area contributed by atoms with Gasteiger partial charge in [-0.05, 0) is 67.7 Å². The smallest absolute Gasteiger partial charge is 0.280 e. The minimum atomic E-state index is -1.06. The molecule has 3 aromatic rings. The zero-order valence-electron chi connectivity index (χ0n) is 16.9. The van der Waals surface area contributed by atoms with Gasteiger partial charge in [0.15, 0.2) is 5.69 Å². The van der Waals surface area contributed by atoms with Gasteiger partial charge in [-0.2, -0.15) is 0 Å². The van der Waals surface area contributed by atoms with Crippen LogP contribution in [0.2, 0.25) is 0 Å². The molecule has 0 bridgehead atoms. The number of hydrogen-bond acceptors (Lipinski definition) is 6. The second-order valence-corrected chi connectivity index (χ2v) is 7.96. The topological polar surface area (TPSA) is 88.1 Å². The van der Waals surface area contributed by atoms with Crippen LogP contribution in [0.4, 0.5) is 10.1 Å². The molecule has 0 radical (unpaired) electrons. The van der Waals surface area contributed by atoms with Gasteiger partial charge in [-0.25, -0.2) is 4.39 Å². The van der Waals surface area contributed by atoms with Crippen LogP contribution in [-0.4, -0.2) is 31.9 Å². The van der Waals surface area contributed by atoms with Gasteiger partial charge in [-0.1, -0.05) is 17.5 Å². The van der Waals surface area contributed by atoms with E-state index in [0.717, 1.165) is 11.5 Å². The fourth-order valence-electron chi connectivity index (χ4n) is 2.84. The van der Waals surface area contributed by atoms with Crippen LogP contribution in [-0.2, 0) is 4.79 Å². The molecule has 9 heteroatoms. The Labute approximate surface area is 178 Å². The summed E-state index contributed by atoms with van der Waals surface area (Å²) >= 11 is 1.02. The zero-order chi connectivity index (χ0) is 21.7. The minimum Gasteiger partial charge on any atom is -0.349 e. The summed E-state index contributed by atoms with van der Waals surface area (Å²) < 4.78 is 17.8. The van der Waals surface area contributed by atoms with Crippen molar-refractivity contribution in [1.82, 2.24) is 19.9 Å². The summed E-state index contributed by atoms with van der Waals surface area (Å²) in [6, 6.07) is 7.80. The Hall–Kier alpha value is -3.20. The van der Waals surface area contributed by atoms with Gasteiger partial charge < -0.3 is 5.32 Å². The molecule has 0 saturated heterocycles. The first-order chi connectivity index (χ1) is 14.3. The summed E-state index contributed by atoms with van der Waals surface area (Å²) in [7, 11) is 0. The van der Waals surface area contributed by atoms with Gasteiger partial charge in [0.1, 0.15) is 11.9 Å². The number of anilines is 1. The number of carbonyl (C=O) groups excluding carboxylic acids is 2. The molecule has 0 aliphatic rings. The Morgan fingerprint density at radius 2 is 1.97 bits per heavy atom. The molecule has 2 amide bonds. The van der Waals surface area contributed by atoms with E-state index in [1.807, 2.05) is 20.8 Å². The maximum absolute atomic E-state index is 14.1. The molecule has 0 aliphatic carbocycles. The summed E-state index contributed by atoms with van der Waals surface area (Å²) in [5.41, 5.74) is 0.349. The second-order valence-electron chi connectivity index (χ2n) is 7.35. The predicted octanol–water partition coefficient (Wildman–Crippen LogP) is 3.77. The average molecular weight is 428 g/mol. The molecule has 1 unspecified atom stereocenters. The molecule has 0 spiro atoms. The van der Waals surface area contributed by atoms with Crippen molar-refractivity contribution in [3.05, 3.63) is 71.2 Å². The average Bonchev–Trinajstić information content (AvgIpc) is 3.26. The number of aromatic nitrogens is 3. The number of halogens is 1. The Morgan fingerprint density at radius 1 is 1.23 bits per heavy atom. The lowest BCUT2D eigenvalue weighted by Gasteiger charge is -2.34. The molecule has 1 atom stereocenters. The first kappa shape index (κ1) is 21.5. The van der Waals surface area contributed by atoms with E-state index in [0.29, 0.717) is 12.0 Å². The van der Waals surface area contributed by atoms with Crippen molar-refractivity contribution in [2.45, 2.75) is 38.8 Å². The molecule has 0 aliphatic heterocycles. The quantitative estimate of drug-likeness (QED) is 0.620. The van der Waals surface area contributed by atoms with Crippen LogP contribution >= 0.6 is 11.5 Å². The number of hydrogen-bond donors (Lipinski definition) is 1. The maximum atomic E-state index is 14.1. The highest BCUT2D eigenvalue weighted by atomic mass is 32.1. The minimum absolute atomic E-state index is 0.0749. The van der Waals surface area contributed by atoms with E-state index in [1.54, 1.807) is 30.6 Å². The molecule has 3 rings (SSSR count). The van der Waals surface area contributed by atoms with Crippen molar-refractivity contribution >= 4 is 29.0 Å². The first-order valence-corrected chi connectivity index (χ1v) is 10.2. The molecule has 2 heterocycles. The lowest BCUT2D eigenvalue weighted by molar-refractivity contribution is -0.124. The largest absolute Gasteiger partial charge is 0.349 e. The number of nitrogens with one attached hydrogen (secondary N) is 1. The van der Waals surface area contributed by atoms with Crippen molar-refractivity contribution < 1.29 is 14.0 Å². The van der Waals surface area contributed by atoms with Crippen molar-refractivity contribution in [2.75, 3.05) is 4.90 Å². The van der Waals surface area contributed by atoms with Gasteiger partial charge in [0, 0.05) is 29.0 Å². The fraction of sp³-hybridized carbons (Fsp3) is 0.286. The van der Waals surface area contributed by atoms with Crippen molar-refractivity contribution in [2.24, 2.45) is 0 Å². The van der Waals surface area contributed by atoms with Gasteiger partial charge in [0.05, 0.1) is 0 Å². The van der Waals surface area contributed by atoms with Gasteiger partial charge in [0.25, 0.3) is 5.91 Å². The van der Waals surface area contributed by atoms with E-state index in [1.165, 1.54) is 28.5 Å². The SMILES string of the molecule is CCC(C)(C)NC(=O)C(c1ccncc1)N(C(=O)c1csnn1)c1cccc(F)c1. The highest BCUT2D eigenvalue weighted by Crippen LogP contribution is 2.30. The van der Waals surface area contributed by atoms with Crippen LogP contribution in [0.15, 0.2) is 54.2 Å².